The molecule has 0 aromatic rings. The lowest BCUT2D eigenvalue weighted by molar-refractivity contribution is -0.118. The molecular weight excluding hydrogens is 202 g/mol. The van der Waals surface area contributed by atoms with Crippen molar-refractivity contribution in [1.29, 1.82) is 0 Å². The summed E-state index contributed by atoms with van der Waals surface area (Å²) in [6, 6.07) is 0. The first-order chi connectivity index (χ1) is 6.37. The van der Waals surface area contributed by atoms with Gasteiger partial charge in [-0.25, -0.2) is 8.42 Å². The number of amides is 1. The molecule has 0 aromatic heterocycles. The summed E-state index contributed by atoms with van der Waals surface area (Å²) in [5, 5.41) is 2.51. The average Bonchev–Trinajstić information content (AvgIpc) is 1.99. The summed E-state index contributed by atoms with van der Waals surface area (Å²) in [6.45, 7) is 4.33. The Morgan fingerprint density at radius 2 is 2.07 bits per heavy atom. The molecule has 0 heterocycles. The number of terminal acetylenes is 1. The van der Waals surface area contributed by atoms with Crippen LogP contribution in [0.2, 0.25) is 0 Å². The Morgan fingerprint density at radius 3 is 2.50 bits per heavy atom. The van der Waals surface area contributed by atoms with Crippen molar-refractivity contribution >= 4 is 15.7 Å². The molecule has 0 atom stereocenters. The molecule has 5 heteroatoms. The molecule has 0 saturated heterocycles. The summed E-state index contributed by atoms with van der Waals surface area (Å²) in [4.78, 5) is 11.1. The van der Waals surface area contributed by atoms with Crippen LogP contribution in [0.25, 0.3) is 0 Å². The summed E-state index contributed by atoms with van der Waals surface area (Å²) in [5.41, 5.74) is 0. The van der Waals surface area contributed by atoms with Gasteiger partial charge < -0.3 is 5.32 Å². The van der Waals surface area contributed by atoms with Crippen LogP contribution in [0.3, 0.4) is 0 Å². The molecule has 0 rings (SSSR count). The predicted molar refractivity (Wildman–Crippen MR) is 55.3 cm³/mol. The second-order valence-corrected chi connectivity index (χ2v) is 5.50. The van der Waals surface area contributed by atoms with Gasteiger partial charge >= 0.3 is 0 Å². The van der Waals surface area contributed by atoms with E-state index in [9.17, 15) is 13.2 Å². The first-order valence-corrected chi connectivity index (χ1v) is 6.10. The second-order valence-electron chi connectivity index (χ2n) is 3.43. The summed E-state index contributed by atoms with van der Waals surface area (Å²) in [5.74, 6) is 0.908. The maximum absolute atomic E-state index is 11.1. The number of carbonyl (C=O) groups excluding carboxylic acids is 1. The third kappa shape index (κ3) is 6.49. The van der Waals surface area contributed by atoms with Gasteiger partial charge in [0.1, 0.15) is 11.5 Å². The van der Waals surface area contributed by atoms with Crippen molar-refractivity contribution in [3.05, 3.63) is 0 Å². The van der Waals surface area contributed by atoms with Crippen molar-refractivity contribution in [1.82, 2.24) is 5.32 Å². The van der Waals surface area contributed by atoms with E-state index in [0.29, 0.717) is 12.5 Å². The van der Waals surface area contributed by atoms with Crippen LogP contribution in [0, 0.1) is 18.3 Å². The normalized spacial score (nSPS) is 11.0. The van der Waals surface area contributed by atoms with E-state index in [0.717, 1.165) is 0 Å². The van der Waals surface area contributed by atoms with Crippen LogP contribution < -0.4 is 5.32 Å². The molecule has 0 saturated carbocycles. The lowest BCUT2D eigenvalue weighted by atomic mass is 10.2. The summed E-state index contributed by atoms with van der Waals surface area (Å²) in [7, 11) is -3.43. The van der Waals surface area contributed by atoms with Crippen LogP contribution in [-0.2, 0) is 14.6 Å². The topological polar surface area (TPSA) is 63.2 Å². The molecule has 1 amide bonds. The molecule has 80 valence electrons. The first-order valence-electron chi connectivity index (χ1n) is 4.28. The number of nitrogens with one attached hydrogen (secondary N) is 1. The van der Waals surface area contributed by atoms with E-state index in [2.05, 4.69) is 5.32 Å². The predicted octanol–water partition coefficient (Wildman–Crippen LogP) is -0.193. The molecule has 0 fully saturated rings. The van der Waals surface area contributed by atoms with Crippen molar-refractivity contribution in [2.75, 3.05) is 18.1 Å². The van der Waals surface area contributed by atoms with E-state index in [1.54, 1.807) is 0 Å². The maximum Gasteiger partial charge on any atom is 0.235 e. The molecule has 0 aliphatic rings. The zero-order chi connectivity index (χ0) is 11.2. The highest BCUT2D eigenvalue weighted by Gasteiger charge is 2.14. The SMILES string of the molecule is C#CCS(=O)(=O)CC(=O)NCC(C)C. The van der Waals surface area contributed by atoms with E-state index < -0.39 is 21.5 Å². The Balaban J connectivity index is 4.02. The van der Waals surface area contributed by atoms with Gasteiger partial charge in [0, 0.05) is 6.54 Å². The number of carbonyl (C=O) groups is 1. The molecule has 0 radical (unpaired) electrons. The van der Waals surface area contributed by atoms with Crippen LogP contribution in [0.4, 0.5) is 0 Å². The Kier molecular flexibility index (Phi) is 5.24. The maximum atomic E-state index is 11.1. The van der Waals surface area contributed by atoms with E-state index in [1.807, 2.05) is 19.8 Å². The Bertz CT molecular complexity index is 324. The average molecular weight is 217 g/mol. The zero-order valence-electron chi connectivity index (χ0n) is 8.41. The molecule has 0 aromatic carbocycles. The van der Waals surface area contributed by atoms with Crippen LogP contribution in [0.5, 0.6) is 0 Å². The van der Waals surface area contributed by atoms with Crippen molar-refractivity contribution in [3.8, 4) is 12.3 Å². The van der Waals surface area contributed by atoms with Crippen molar-refractivity contribution in [3.63, 3.8) is 0 Å². The van der Waals surface area contributed by atoms with E-state index in [-0.39, 0.29) is 5.75 Å². The number of sulfone groups is 1. The van der Waals surface area contributed by atoms with Gasteiger partial charge in [0.2, 0.25) is 5.91 Å². The highest BCUT2D eigenvalue weighted by molar-refractivity contribution is 7.92. The van der Waals surface area contributed by atoms with Crippen molar-refractivity contribution in [2.45, 2.75) is 13.8 Å². The number of rotatable bonds is 5. The van der Waals surface area contributed by atoms with Gasteiger partial charge in [-0.1, -0.05) is 19.8 Å². The number of hydrogen-bond donors (Lipinski definition) is 1. The Morgan fingerprint density at radius 1 is 1.50 bits per heavy atom. The molecule has 0 bridgehead atoms. The molecular formula is C9H15NO3S. The molecule has 14 heavy (non-hydrogen) atoms. The fourth-order valence-electron chi connectivity index (χ4n) is 0.747. The highest BCUT2D eigenvalue weighted by atomic mass is 32.2. The molecule has 4 nitrogen and oxygen atoms in total. The zero-order valence-corrected chi connectivity index (χ0v) is 9.23. The lowest BCUT2D eigenvalue weighted by Gasteiger charge is -2.06. The molecule has 0 spiro atoms. The van der Waals surface area contributed by atoms with Gasteiger partial charge in [-0.3, -0.25) is 4.79 Å². The standard InChI is InChI=1S/C9H15NO3S/c1-4-5-14(12,13)7-9(11)10-6-8(2)3/h1,8H,5-7H2,2-3H3,(H,10,11). The largest absolute Gasteiger partial charge is 0.355 e. The van der Waals surface area contributed by atoms with Crippen LogP contribution in [-0.4, -0.2) is 32.4 Å². The monoisotopic (exact) mass is 217 g/mol. The minimum atomic E-state index is -3.43. The summed E-state index contributed by atoms with van der Waals surface area (Å²) in [6.07, 6.45) is 4.85. The smallest absolute Gasteiger partial charge is 0.235 e. The van der Waals surface area contributed by atoms with Crippen molar-refractivity contribution < 1.29 is 13.2 Å². The van der Waals surface area contributed by atoms with Crippen molar-refractivity contribution in [2.24, 2.45) is 5.92 Å². The Hall–Kier alpha value is -1.02. The van der Waals surface area contributed by atoms with Gasteiger partial charge in [0.15, 0.2) is 9.84 Å². The first kappa shape index (κ1) is 13.0. The van der Waals surface area contributed by atoms with E-state index in [1.165, 1.54) is 0 Å². The summed E-state index contributed by atoms with van der Waals surface area (Å²) < 4.78 is 22.2. The van der Waals surface area contributed by atoms with Crippen LogP contribution in [0.1, 0.15) is 13.8 Å². The highest BCUT2D eigenvalue weighted by Crippen LogP contribution is 1.91. The van der Waals surface area contributed by atoms with Gasteiger partial charge in [0.25, 0.3) is 0 Å². The molecule has 1 N–H and O–H groups in total. The summed E-state index contributed by atoms with van der Waals surface area (Å²) >= 11 is 0. The molecule has 0 unspecified atom stereocenters. The number of hydrogen-bond acceptors (Lipinski definition) is 3. The van der Waals surface area contributed by atoms with Gasteiger partial charge in [-0.2, -0.15) is 0 Å². The molecule has 0 aliphatic heterocycles. The van der Waals surface area contributed by atoms with Gasteiger partial charge in [0.05, 0.1) is 0 Å². The Labute approximate surface area is 85.0 Å². The second kappa shape index (κ2) is 5.66. The minimum Gasteiger partial charge on any atom is -0.355 e. The van der Waals surface area contributed by atoms with E-state index in [4.69, 9.17) is 6.42 Å². The van der Waals surface area contributed by atoms with Gasteiger partial charge in [-0.15, -0.1) is 6.42 Å². The van der Waals surface area contributed by atoms with Crippen LogP contribution in [0.15, 0.2) is 0 Å². The van der Waals surface area contributed by atoms with Gasteiger partial charge in [-0.05, 0) is 5.92 Å². The fourth-order valence-corrected chi connectivity index (χ4v) is 1.60. The lowest BCUT2D eigenvalue weighted by Crippen LogP contribution is -2.33. The molecule has 0 aliphatic carbocycles. The third-order valence-corrected chi connectivity index (χ3v) is 2.67. The fraction of sp³-hybridized carbons (Fsp3) is 0.667. The quantitative estimate of drug-likeness (QED) is 0.649. The van der Waals surface area contributed by atoms with Crippen LogP contribution >= 0.6 is 0 Å². The minimum absolute atomic E-state index is 0.300. The van der Waals surface area contributed by atoms with E-state index >= 15 is 0 Å². The third-order valence-electron chi connectivity index (χ3n) is 1.36.